The van der Waals surface area contributed by atoms with E-state index in [9.17, 15) is 5.11 Å². The molecule has 0 aliphatic rings. The number of hydrogen-bond donors (Lipinski definition) is 2. The second-order valence-corrected chi connectivity index (χ2v) is 6.74. The fraction of sp³-hybridized carbons (Fsp3) is 0.500. The van der Waals surface area contributed by atoms with E-state index in [4.69, 9.17) is 9.26 Å². The van der Waals surface area contributed by atoms with Gasteiger partial charge in [-0.15, -0.1) is 0 Å². The van der Waals surface area contributed by atoms with Gasteiger partial charge in [-0.05, 0) is 53.4 Å². The molecule has 5 nitrogen and oxygen atoms in total. The van der Waals surface area contributed by atoms with E-state index in [1.54, 1.807) is 6.07 Å². The average Bonchev–Trinajstić information content (AvgIpc) is 3.01. The third-order valence-electron chi connectivity index (χ3n) is 3.72. The number of unbranched alkanes of at least 4 members (excludes halogenated alkanes) is 1. The fourth-order valence-electron chi connectivity index (χ4n) is 2.32. The zero-order valence-corrected chi connectivity index (χ0v) is 15.8. The molecule has 0 fully saturated rings. The molecule has 0 saturated carbocycles. The minimum atomic E-state index is -0.708. The lowest BCUT2D eigenvalue weighted by Crippen LogP contribution is -2.31. The maximum absolute atomic E-state index is 10.1. The lowest BCUT2D eigenvalue weighted by atomic mass is 10.1. The number of rotatable bonds is 10. The third-order valence-corrected chi connectivity index (χ3v) is 4.09. The predicted octanol–water partition coefficient (Wildman–Crippen LogP) is 3.87. The molecule has 2 aromatic rings. The van der Waals surface area contributed by atoms with Gasteiger partial charge in [-0.25, -0.2) is 0 Å². The minimum absolute atomic E-state index is 0.234. The van der Waals surface area contributed by atoms with Gasteiger partial charge in [0.05, 0.1) is 6.61 Å². The van der Waals surface area contributed by atoms with Gasteiger partial charge < -0.3 is 19.7 Å². The van der Waals surface area contributed by atoms with Gasteiger partial charge in [0, 0.05) is 18.7 Å². The van der Waals surface area contributed by atoms with Crippen LogP contribution in [0.15, 0.2) is 39.5 Å². The number of benzene rings is 1. The monoisotopic (exact) mass is 396 g/mol. The fourth-order valence-corrected chi connectivity index (χ4v) is 2.62. The van der Waals surface area contributed by atoms with Crippen molar-refractivity contribution in [2.75, 3.05) is 13.2 Å². The van der Waals surface area contributed by atoms with Crippen LogP contribution in [0.5, 0.6) is 5.75 Å². The van der Waals surface area contributed by atoms with E-state index >= 15 is 0 Å². The van der Waals surface area contributed by atoms with Crippen molar-refractivity contribution in [3.63, 3.8) is 0 Å². The highest BCUT2D eigenvalue weighted by Crippen LogP contribution is 2.17. The van der Waals surface area contributed by atoms with Crippen LogP contribution in [0.2, 0.25) is 0 Å². The molecule has 132 valence electrons. The van der Waals surface area contributed by atoms with Crippen LogP contribution in [0.25, 0.3) is 0 Å². The predicted molar refractivity (Wildman–Crippen MR) is 97.2 cm³/mol. The van der Waals surface area contributed by atoms with Crippen LogP contribution in [0.1, 0.15) is 44.1 Å². The highest BCUT2D eigenvalue weighted by atomic mass is 79.9. The summed E-state index contributed by atoms with van der Waals surface area (Å²) in [5.41, 5.74) is 1.23. The van der Waals surface area contributed by atoms with E-state index in [1.807, 2.05) is 12.1 Å². The largest absolute Gasteiger partial charge is 0.494 e. The lowest BCUT2D eigenvalue weighted by molar-refractivity contribution is 0.134. The molecule has 2 N–H and O–H groups in total. The molecule has 0 aliphatic heterocycles. The molecule has 1 heterocycles. The second-order valence-electron chi connectivity index (χ2n) is 5.93. The Bertz CT molecular complexity index is 601. The molecule has 24 heavy (non-hydrogen) atoms. The molecule has 0 bridgehead atoms. The highest BCUT2D eigenvalue weighted by Gasteiger charge is 2.14. The number of aliphatic hydroxyl groups excluding tert-OH is 1. The summed E-state index contributed by atoms with van der Waals surface area (Å²) >= 11 is 3.20. The number of nitrogens with one attached hydrogen (secondary N) is 1. The molecule has 0 amide bonds. The Morgan fingerprint density at radius 1 is 1.33 bits per heavy atom. The molecule has 1 aromatic carbocycles. The minimum Gasteiger partial charge on any atom is -0.494 e. The first-order chi connectivity index (χ1) is 11.6. The van der Waals surface area contributed by atoms with Gasteiger partial charge in [0.2, 0.25) is 0 Å². The Hall–Kier alpha value is -1.37. The van der Waals surface area contributed by atoms with Crippen LogP contribution in [-0.2, 0) is 6.42 Å². The van der Waals surface area contributed by atoms with E-state index in [0.717, 1.165) is 31.6 Å². The SMILES string of the molecule is CCCCOc1ccc(C[C@@H](C)NC[C@@H](O)c2cc(Br)no2)cc1. The summed E-state index contributed by atoms with van der Waals surface area (Å²) in [5, 5.41) is 17.1. The molecule has 0 aliphatic carbocycles. The smallest absolute Gasteiger partial charge is 0.167 e. The van der Waals surface area contributed by atoms with Gasteiger partial charge in [-0.1, -0.05) is 30.6 Å². The molecule has 0 radical (unpaired) electrons. The van der Waals surface area contributed by atoms with Crippen LogP contribution in [0.4, 0.5) is 0 Å². The molecule has 2 rings (SSSR count). The van der Waals surface area contributed by atoms with Crippen LogP contribution >= 0.6 is 15.9 Å². The first-order valence-corrected chi connectivity index (χ1v) is 9.13. The van der Waals surface area contributed by atoms with Gasteiger partial charge in [-0.3, -0.25) is 0 Å². The molecule has 2 atom stereocenters. The van der Waals surface area contributed by atoms with Crippen molar-refractivity contribution in [2.24, 2.45) is 0 Å². The summed E-state index contributed by atoms with van der Waals surface area (Å²) in [7, 11) is 0. The Kier molecular flexibility index (Phi) is 7.75. The third kappa shape index (κ3) is 6.26. The lowest BCUT2D eigenvalue weighted by Gasteiger charge is -2.16. The van der Waals surface area contributed by atoms with Crippen molar-refractivity contribution in [3.8, 4) is 5.75 Å². The number of nitrogens with zero attached hydrogens (tertiary/aromatic N) is 1. The van der Waals surface area contributed by atoms with E-state index in [0.29, 0.717) is 16.9 Å². The molecular formula is C18H25BrN2O3. The molecule has 0 spiro atoms. The Morgan fingerprint density at radius 2 is 2.08 bits per heavy atom. The summed E-state index contributed by atoms with van der Waals surface area (Å²) in [5.74, 6) is 1.37. The van der Waals surface area contributed by atoms with Crippen molar-refractivity contribution in [2.45, 2.75) is 45.3 Å². The maximum atomic E-state index is 10.1. The summed E-state index contributed by atoms with van der Waals surface area (Å²) in [6.07, 6.45) is 2.38. The summed E-state index contributed by atoms with van der Waals surface area (Å²) in [6, 6.07) is 10.1. The Balaban J connectivity index is 1.74. The first kappa shape index (κ1) is 19.0. The maximum Gasteiger partial charge on any atom is 0.167 e. The molecule has 0 unspecified atom stereocenters. The second kappa shape index (κ2) is 9.81. The highest BCUT2D eigenvalue weighted by molar-refractivity contribution is 9.10. The molecule has 6 heteroatoms. The zero-order chi connectivity index (χ0) is 17.4. The quantitative estimate of drug-likeness (QED) is 0.596. The summed E-state index contributed by atoms with van der Waals surface area (Å²) < 4.78 is 11.3. The van der Waals surface area contributed by atoms with Crippen LogP contribution in [0, 0.1) is 0 Å². The Morgan fingerprint density at radius 3 is 2.71 bits per heavy atom. The standard InChI is InChI=1S/C18H25BrN2O3/c1-3-4-9-23-15-7-5-14(6-8-15)10-13(2)20-12-16(22)17-11-18(19)21-24-17/h5-8,11,13,16,20,22H,3-4,9-10,12H2,1-2H3/t13-,16-/m1/s1. The van der Waals surface area contributed by atoms with E-state index in [2.05, 4.69) is 52.4 Å². The van der Waals surface area contributed by atoms with Crippen LogP contribution < -0.4 is 10.1 Å². The van der Waals surface area contributed by atoms with Crippen molar-refractivity contribution in [1.82, 2.24) is 10.5 Å². The number of hydrogen-bond acceptors (Lipinski definition) is 5. The molecule has 0 saturated heterocycles. The molecule has 1 aromatic heterocycles. The Labute approximate surface area is 151 Å². The number of aromatic nitrogens is 1. The normalized spacial score (nSPS) is 13.7. The first-order valence-electron chi connectivity index (χ1n) is 8.33. The topological polar surface area (TPSA) is 67.5 Å². The van der Waals surface area contributed by atoms with Gasteiger partial charge in [0.15, 0.2) is 5.76 Å². The van der Waals surface area contributed by atoms with Gasteiger partial charge in [0.1, 0.15) is 16.5 Å². The van der Waals surface area contributed by atoms with Crippen molar-refractivity contribution in [3.05, 3.63) is 46.3 Å². The number of halogens is 1. The van der Waals surface area contributed by atoms with Crippen LogP contribution in [0.3, 0.4) is 0 Å². The number of ether oxygens (including phenoxy) is 1. The molecular weight excluding hydrogens is 372 g/mol. The zero-order valence-electron chi connectivity index (χ0n) is 14.2. The van der Waals surface area contributed by atoms with Crippen molar-refractivity contribution in [1.29, 1.82) is 0 Å². The van der Waals surface area contributed by atoms with Gasteiger partial charge in [-0.2, -0.15) is 0 Å². The van der Waals surface area contributed by atoms with E-state index in [1.165, 1.54) is 5.56 Å². The number of aliphatic hydroxyl groups is 1. The summed E-state index contributed by atoms with van der Waals surface area (Å²) in [6.45, 7) is 5.43. The average molecular weight is 397 g/mol. The van der Waals surface area contributed by atoms with Gasteiger partial charge >= 0.3 is 0 Å². The van der Waals surface area contributed by atoms with Gasteiger partial charge in [0.25, 0.3) is 0 Å². The summed E-state index contributed by atoms with van der Waals surface area (Å²) in [4.78, 5) is 0. The van der Waals surface area contributed by atoms with E-state index in [-0.39, 0.29) is 6.04 Å². The van der Waals surface area contributed by atoms with Crippen molar-refractivity contribution >= 4 is 15.9 Å². The van der Waals surface area contributed by atoms with E-state index < -0.39 is 6.10 Å². The van der Waals surface area contributed by atoms with Crippen LogP contribution in [-0.4, -0.2) is 29.5 Å². The van der Waals surface area contributed by atoms with Crippen molar-refractivity contribution < 1.29 is 14.4 Å².